The van der Waals surface area contributed by atoms with Crippen molar-refractivity contribution in [1.29, 1.82) is 0 Å². The summed E-state index contributed by atoms with van der Waals surface area (Å²) in [5.74, 6) is 0.957. The van der Waals surface area contributed by atoms with Gasteiger partial charge in [-0.25, -0.2) is 4.98 Å². The first-order valence-electron chi connectivity index (χ1n) is 4.01. The van der Waals surface area contributed by atoms with Crippen molar-refractivity contribution in [1.82, 2.24) is 9.97 Å². The highest BCUT2D eigenvalue weighted by molar-refractivity contribution is 5.42. The molecule has 0 spiro atoms. The van der Waals surface area contributed by atoms with Crippen molar-refractivity contribution in [3.8, 4) is 0 Å². The molecule has 12 heavy (non-hydrogen) atoms. The van der Waals surface area contributed by atoms with Crippen molar-refractivity contribution < 1.29 is 0 Å². The lowest BCUT2D eigenvalue weighted by Crippen LogP contribution is -2.14. The average Bonchev–Trinajstić information content (AvgIpc) is 1.96. The molecule has 0 atom stereocenters. The predicted octanol–water partition coefficient (Wildman–Crippen LogP) is 1.47. The second-order valence-electron chi connectivity index (χ2n) is 3.20. The number of anilines is 1. The number of aryl methyl sites for hydroxylation is 3. The van der Waals surface area contributed by atoms with Crippen molar-refractivity contribution in [3.63, 3.8) is 0 Å². The Hall–Kier alpha value is -1.12. The topological polar surface area (TPSA) is 29.0 Å². The van der Waals surface area contributed by atoms with E-state index < -0.39 is 0 Å². The highest BCUT2D eigenvalue weighted by atomic mass is 15.2. The first-order chi connectivity index (χ1) is 5.52. The summed E-state index contributed by atoms with van der Waals surface area (Å²) in [4.78, 5) is 10.8. The molecule has 0 radical (unpaired) electrons. The van der Waals surface area contributed by atoms with Crippen LogP contribution in [0.1, 0.15) is 17.1 Å². The minimum absolute atomic E-state index is 0.957. The Kier molecular flexibility index (Phi) is 2.31. The Morgan fingerprint density at radius 1 is 0.833 bits per heavy atom. The van der Waals surface area contributed by atoms with Crippen LogP contribution in [0.3, 0.4) is 0 Å². The maximum Gasteiger partial charge on any atom is 0.149 e. The summed E-state index contributed by atoms with van der Waals surface area (Å²) in [5.41, 5.74) is 3.01. The van der Waals surface area contributed by atoms with E-state index in [0.717, 1.165) is 22.9 Å². The second-order valence-corrected chi connectivity index (χ2v) is 3.20. The van der Waals surface area contributed by atoms with Gasteiger partial charge in [0, 0.05) is 14.1 Å². The largest absolute Gasteiger partial charge is 0.361 e. The van der Waals surface area contributed by atoms with Gasteiger partial charge in [0.1, 0.15) is 5.82 Å². The molecule has 1 heterocycles. The molecule has 0 aliphatic carbocycles. The van der Waals surface area contributed by atoms with Crippen LogP contribution in [0.25, 0.3) is 0 Å². The fourth-order valence-electron chi connectivity index (χ4n) is 1.13. The lowest BCUT2D eigenvalue weighted by Gasteiger charge is -2.14. The van der Waals surface area contributed by atoms with E-state index in [1.165, 1.54) is 0 Å². The number of aromatic nitrogens is 2. The van der Waals surface area contributed by atoms with Crippen LogP contribution >= 0.6 is 0 Å². The van der Waals surface area contributed by atoms with E-state index in [-0.39, 0.29) is 0 Å². The Morgan fingerprint density at radius 2 is 1.33 bits per heavy atom. The van der Waals surface area contributed by atoms with Crippen LogP contribution in [0.4, 0.5) is 5.82 Å². The molecule has 66 valence electrons. The van der Waals surface area contributed by atoms with E-state index in [0.29, 0.717) is 0 Å². The molecular formula is C9H15N3. The maximum absolute atomic E-state index is 4.44. The van der Waals surface area contributed by atoms with E-state index in [9.17, 15) is 0 Å². The highest BCUT2D eigenvalue weighted by Crippen LogP contribution is 2.13. The predicted molar refractivity (Wildman–Crippen MR) is 50.6 cm³/mol. The van der Waals surface area contributed by atoms with Gasteiger partial charge in [-0.1, -0.05) is 0 Å². The zero-order chi connectivity index (χ0) is 9.30. The van der Waals surface area contributed by atoms with Gasteiger partial charge in [0.05, 0.1) is 17.1 Å². The van der Waals surface area contributed by atoms with E-state index in [1.54, 1.807) is 0 Å². The lowest BCUT2D eigenvalue weighted by molar-refractivity contribution is 0.948. The van der Waals surface area contributed by atoms with E-state index in [4.69, 9.17) is 0 Å². The standard InChI is InChI=1S/C9H15N3/c1-6-7(2)11-9(12(4)5)8(3)10-6/h1-5H3. The van der Waals surface area contributed by atoms with Gasteiger partial charge in [-0.05, 0) is 20.8 Å². The highest BCUT2D eigenvalue weighted by Gasteiger charge is 2.05. The van der Waals surface area contributed by atoms with Gasteiger partial charge < -0.3 is 4.90 Å². The second kappa shape index (κ2) is 3.09. The van der Waals surface area contributed by atoms with Crippen molar-refractivity contribution in [2.75, 3.05) is 19.0 Å². The average molecular weight is 165 g/mol. The van der Waals surface area contributed by atoms with Crippen LogP contribution in [0.15, 0.2) is 0 Å². The normalized spacial score (nSPS) is 10.1. The van der Waals surface area contributed by atoms with Gasteiger partial charge in [-0.15, -0.1) is 0 Å². The van der Waals surface area contributed by atoms with Crippen LogP contribution in [0, 0.1) is 20.8 Å². The molecule has 0 aliphatic rings. The van der Waals surface area contributed by atoms with Crippen LogP contribution < -0.4 is 4.90 Å². The molecule has 1 aromatic heterocycles. The SMILES string of the molecule is Cc1nc(C)c(N(C)C)nc1C. The lowest BCUT2D eigenvalue weighted by atomic mass is 10.3. The van der Waals surface area contributed by atoms with Gasteiger partial charge in [-0.3, -0.25) is 4.98 Å². The third-order valence-electron chi connectivity index (χ3n) is 1.88. The fraction of sp³-hybridized carbons (Fsp3) is 0.556. The van der Waals surface area contributed by atoms with Gasteiger partial charge in [0.2, 0.25) is 0 Å². The zero-order valence-corrected chi connectivity index (χ0v) is 8.34. The summed E-state index contributed by atoms with van der Waals surface area (Å²) in [5, 5.41) is 0. The van der Waals surface area contributed by atoms with Gasteiger partial charge in [0.15, 0.2) is 0 Å². The molecule has 0 aromatic carbocycles. The molecule has 0 saturated heterocycles. The molecule has 0 fully saturated rings. The van der Waals surface area contributed by atoms with E-state index in [1.807, 2.05) is 39.8 Å². The van der Waals surface area contributed by atoms with Gasteiger partial charge in [0.25, 0.3) is 0 Å². The smallest absolute Gasteiger partial charge is 0.149 e. The van der Waals surface area contributed by atoms with E-state index in [2.05, 4.69) is 9.97 Å². The Balaban J connectivity index is 3.23. The number of nitrogens with zero attached hydrogens (tertiary/aromatic N) is 3. The van der Waals surface area contributed by atoms with Gasteiger partial charge >= 0.3 is 0 Å². The van der Waals surface area contributed by atoms with Crippen molar-refractivity contribution in [2.45, 2.75) is 20.8 Å². The van der Waals surface area contributed by atoms with Crippen molar-refractivity contribution >= 4 is 5.82 Å². The molecule has 0 N–H and O–H groups in total. The number of rotatable bonds is 1. The number of hydrogen-bond donors (Lipinski definition) is 0. The third-order valence-corrected chi connectivity index (χ3v) is 1.88. The minimum Gasteiger partial charge on any atom is -0.361 e. The summed E-state index contributed by atoms with van der Waals surface area (Å²) in [6.45, 7) is 5.94. The van der Waals surface area contributed by atoms with E-state index >= 15 is 0 Å². The quantitative estimate of drug-likeness (QED) is 0.631. The maximum atomic E-state index is 4.44. The van der Waals surface area contributed by atoms with Crippen molar-refractivity contribution in [3.05, 3.63) is 17.1 Å². The summed E-state index contributed by atoms with van der Waals surface area (Å²) in [6.07, 6.45) is 0. The molecule has 1 aromatic rings. The Morgan fingerprint density at radius 3 is 1.83 bits per heavy atom. The third kappa shape index (κ3) is 1.55. The van der Waals surface area contributed by atoms with Crippen molar-refractivity contribution in [2.24, 2.45) is 0 Å². The summed E-state index contributed by atoms with van der Waals surface area (Å²) in [6, 6.07) is 0. The summed E-state index contributed by atoms with van der Waals surface area (Å²) < 4.78 is 0. The van der Waals surface area contributed by atoms with Crippen LogP contribution in [0.5, 0.6) is 0 Å². The minimum atomic E-state index is 0.957. The van der Waals surface area contributed by atoms with Crippen LogP contribution in [-0.4, -0.2) is 24.1 Å². The molecule has 0 aliphatic heterocycles. The molecule has 0 bridgehead atoms. The summed E-state index contributed by atoms with van der Waals surface area (Å²) >= 11 is 0. The number of hydrogen-bond acceptors (Lipinski definition) is 3. The summed E-state index contributed by atoms with van der Waals surface area (Å²) in [7, 11) is 3.96. The fourth-order valence-corrected chi connectivity index (χ4v) is 1.13. The molecular weight excluding hydrogens is 150 g/mol. The van der Waals surface area contributed by atoms with Crippen LogP contribution in [-0.2, 0) is 0 Å². The monoisotopic (exact) mass is 165 g/mol. The van der Waals surface area contributed by atoms with Gasteiger partial charge in [-0.2, -0.15) is 0 Å². The molecule has 0 saturated carbocycles. The molecule has 1 rings (SSSR count). The molecule has 0 amide bonds. The zero-order valence-electron chi connectivity index (χ0n) is 8.34. The van der Waals surface area contributed by atoms with Crippen LogP contribution in [0.2, 0.25) is 0 Å². The first kappa shape index (κ1) is 8.97. The molecule has 3 nitrogen and oxygen atoms in total. The Bertz CT molecular complexity index is 292. The first-order valence-corrected chi connectivity index (χ1v) is 4.01. The molecule has 0 unspecified atom stereocenters. The molecule has 3 heteroatoms. The Labute approximate surface area is 73.5 Å².